The Morgan fingerprint density at radius 2 is 2.18 bits per heavy atom. The monoisotopic (exact) mass is 212 g/mol. The molecule has 0 heterocycles. The lowest BCUT2D eigenvalue weighted by Crippen LogP contribution is -1.83. The molecule has 0 aromatic heterocycles. The lowest BCUT2D eigenvalue weighted by Gasteiger charge is -2.02. The minimum Gasteiger partial charge on any atom is -0.508 e. The van der Waals surface area contributed by atoms with Crippen molar-refractivity contribution in [2.75, 3.05) is 0 Å². The van der Waals surface area contributed by atoms with Gasteiger partial charge in [-0.1, -0.05) is 28.6 Å². The van der Waals surface area contributed by atoms with Crippen molar-refractivity contribution in [3.8, 4) is 0 Å². The van der Waals surface area contributed by atoms with E-state index in [1.54, 1.807) is 0 Å². The Morgan fingerprint density at radius 1 is 1.55 bits per heavy atom. The molecule has 1 nitrogen and oxygen atoms in total. The summed E-state index contributed by atoms with van der Waals surface area (Å²) in [4.78, 5) is 0. The molecule has 0 bridgehead atoms. The first kappa shape index (κ1) is 8.34. The van der Waals surface area contributed by atoms with Crippen LogP contribution in [-0.2, 0) is 0 Å². The number of aliphatic hydroxyl groups is 1. The second-order valence-electron chi connectivity index (χ2n) is 2.43. The molecule has 1 aromatic rings. The Labute approximate surface area is 74.5 Å². The van der Waals surface area contributed by atoms with Crippen LogP contribution in [0.15, 0.2) is 29.3 Å². The van der Waals surface area contributed by atoms with E-state index in [2.05, 4.69) is 22.5 Å². The van der Waals surface area contributed by atoms with E-state index in [0.717, 1.165) is 15.6 Å². The number of benzene rings is 1. The number of aryl methyl sites for hydroxylation is 1. The van der Waals surface area contributed by atoms with Crippen LogP contribution in [0.3, 0.4) is 0 Å². The Morgan fingerprint density at radius 3 is 2.64 bits per heavy atom. The van der Waals surface area contributed by atoms with Gasteiger partial charge in [0.1, 0.15) is 5.76 Å². The molecular formula is C9H9BrO. The van der Waals surface area contributed by atoms with E-state index in [0.29, 0.717) is 0 Å². The summed E-state index contributed by atoms with van der Waals surface area (Å²) in [6.07, 6.45) is 0. The fraction of sp³-hybridized carbons (Fsp3) is 0.111. The SMILES string of the molecule is C=C(O)c1ccc(C)cc1Br. The summed E-state index contributed by atoms with van der Waals surface area (Å²) in [6.45, 7) is 5.44. The van der Waals surface area contributed by atoms with Gasteiger partial charge in [0.15, 0.2) is 0 Å². The normalized spacial score (nSPS) is 9.64. The molecule has 1 N–H and O–H groups in total. The first-order valence-corrected chi connectivity index (χ1v) is 4.05. The van der Waals surface area contributed by atoms with Crippen LogP contribution in [0.25, 0.3) is 5.76 Å². The lowest BCUT2D eigenvalue weighted by atomic mass is 10.1. The smallest absolute Gasteiger partial charge is 0.116 e. The van der Waals surface area contributed by atoms with Crippen molar-refractivity contribution in [1.82, 2.24) is 0 Å². The van der Waals surface area contributed by atoms with Crippen molar-refractivity contribution in [2.24, 2.45) is 0 Å². The lowest BCUT2D eigenvalue weighted by molar-refractivity contribution is 0.513. The highest BCUT2D eigenvalue weighted by atomic mass is 79.9. The van der Waals surface area contributed by atoms with Crippen molar-refractivity contribution >= 4 is 21.7 Å². The van der Waals surface area contributed by atoms with Gasteiger partial charge >= 0.3 is 0 Å². The predicted octanol–water partition coefficient (Wildman–Crippen LogP) is 3.29. The zero-order chi connectivity index (χ0) is 8.43. The minimum atomic E-state index is 0.0943. The molecule has 0 aliphatic rings. The highest BCUT2D eigenvalue weighted by Gasteiger charge is 2.00. The Bertz CT molecular complexity index is 292. The molecule has 58 valence electrons. The maximum absolute atomic E-state index is 9.07. The topological polar surface area (TPSA) is 20.2 Å². The van der Waals surface area contributed by atoms with E-state index in [9.17, 15) is 0 Å². The van der Waals surface area contributed by atoms with Crippen LogP contribution in [0.1, 0.15) is 11.1 Å². The highest BCUT2D eigenvalue weighted by molar-refractivity contribution is 9.10. The third-order valence-electron chi connectivity index (χ3n) is 1.44. The van der Waals surface area contributed by atoms with Gasteiger partial charge in [-0.05, 0) is 24.6 Å². The van der Waals surface area contributed by atoms with Gasteiger partial charge in [-0.15, -0.1) is 0 Å². The Hall–Kier alpha value is -0.760. The number of hydrogen-bond donors (Lipinski definition) is 1. The first-order valence-electron chi connectivity index (χ1n) is 3.25. The van der Waals surface area contributed by atoms with Gasteiger partial charge in [-0.2, -0.15) is 0 Å². The molecule has 0 atom stereocenters. The van der Waals surface area contributed by atoms with Gasteiger partial charge in [-0.25, -0.2) is 0 Å². The van der Waals surface area contributed by atoms with Crippen LogP contribution < -0.4 is 0 Å². The maximum Gasteiger partial charge on any atom is 0.116 e. The van der Waals surface area contributed by atoms with Crippen molar-refractivity contribution in [2.45, 2.75) is 6.92 Å². The summed E-state index contributed by atoms with van der Waals surface area (Å²) >= 11 is 3.33. The van der Waals surface area contributed by atoms with E-state index in [-0.39, 0.29) is 5.76 Å². The molecule has 1 aromatic carbocycles. The van der Waals surface area contributed by atoms with Gasteiger partial charge in [0.25, 0.3) is 0 Å². The second-order valence-corrected chi connectivity index (χ2v) is 3.28. The van der Waals surface area contributed by atoms with Crippen LogP contribution in [0.5, 0.6) is 0 Å². The number of hydrogen-bond acceptors (Lipinski definition) is 1. The van der Waals surface area contributed by atoms with Crippen molar-refractivity contribution in [3.05, 3.63) is 40.4 Å². The van der Waals surface area contributed by atoms with E-state index in [4.69, 9.17) is 5.11 Å². The zero-order valence-electron chi connectivity index (χ0n) is 6.26. The van der Waals surface area contributed by atoms with E-state index in [1.807, 2.05) is 25.1 Å². The summed E-state index contributed by atoms with van der Waals surface area (Å²) in [7, 11) is 0. The van der Waals surface area contributed by atoms with E-state index >= 15 is 0 Å². The second kappa shape index (κ2) is 3.09. The Balaban J connectivity index is 3.20. The van der Waals surface area contributed by atoms with Crippen LogP contribution in [-0.4, -0.2) is 5.11 Å². The largest absolute Gasteiger partial charge is 0.508 e. The molecule has 0 saturated heterocycles. The fourth-order valence-electron chi connectivity index (χ4n) is 0.854. The Kier molecular flexibility index (Phi) is 2.35. The fourth-order valence-corrected chi connectivity index (χ4v) is 1.58. The predicted molar refractivity (Wildman–Crippen MR) is 50.5 cm³/mol. The van der Waals surface area contributed by atoms with Crippen molar-refractivity contribution in [1.29, 1.82) is 0 Å². The average molecular weight is 213 g/mol. The first-order chi connectivity index (χ1) is 5.11. The molecule has 0 saturated carbocycles. The summed E-state index contributed by atoms with van der Waals surface area (Å²) < 4.78 is 0.880. The molecule has 0 radical (unpaired) electrons. The molecule has 1 rings (SSSR count). The summed E-state index contributed by atoms with van der Waals surface area (Å²) in [5, 5.41) is 9.07. The van der Waals surface area contributed by atoms with Gasteiger partial charge in [-0.3, -0.25) is 0 Å². The van der Waals surface area contributed by atoms with Crippen LogP contribution >= 0.6 is 15.9 Å². The zero-order valence-corrected chi connectivity index (χ0v) is 7.85. The summed E-state index contributed by atoms with van der Waals surface area (Å²) in [5.74, 6) is 0.0943. The van der Waals surface area contributed by atoms with Crippen LogP contribution in [0.2, 0.25) is 0 Å². The molecule has 0 amide bonds. The molecule has 2 heteroatoms. The average Bonchev–Trinajstić information content (AvgIpc) is 1.85. The van der Waals surface area contributed by atoms with Gasteiger partial charge in [0, 0.05) is 10.0 Å². The van der Waals surface area contributed by atoms with Gasteiger partial charge < -0.3 is 5.11 Å². The quantitative estimate of drug-likeness (QED) is 0.709. The molecule has 11 heavy (non-hydrogen) atoms. The molecule has 0 aliphatic carbocycles. The summed E-state index contributed by atoms with van der Waals surface area (Å²) in [6, 6.07) is 5.71. The number of aliphatic hydroxyl groups excluding tert-OH is 1. The molecule has 0 spiro atoms. The van der Waals surface area contributed by atoms with Gasteiger partial charge in [0.05, 0.1) is 0 Å². The standard InChI is InChI=1S/C9H9BrO/c1-6-3-4-8(7(2)11)9(10)5-6/h3-5,11H,2H2,1H3. The number of rotatable bonds is 1. The molecule has 0 aliphatic heterocycles. The molecular weight excluding hydrogens is 204 g/mol. The van der Waals surface area contributed by atoms with Crippen molar-refractivity contribution < 1.29 is 5.11 Å². The van der Waals surface area contributed by atoms with E-state index in [1.165, 1.54) is 0 Å². The van der Waals surface area contributed by atoms with E-state index < -0.39 is 0 Å². The third-order valence-corrected chi connectivity index (χ3v) is 2.09. The highest BCUT2D eigenvalue weighted by Crippen LogP contribution is 2.22. The molecule has 0 fully saturated rings. The van der Waals surface area contributed by atoms with Crippen LogP contribution in [0.4, 0.5) is 0 Å². The minimum absolute atomic E-state index is 0.0943. The number of halogens is 1. The van der Waals surface area contributed by atoms with Gasteiger partial charge in [0.2, 0.25) is 0 Å². The van der Waals surface area contributed by atoms with Crippen LogP contribution in [0, 0.1) is 6.92 Å². The maximum atomic E-state index is 9.07. The molecule has 0 unspecified atom stereocenters. The third kappa shape index (κ3) is 1.84. The summed E-state index contributed by atoms with van der Waals surface area (Å²) in [5.41, 5.74) is 1.90. The van der Waals surface area contributed by atoms with Crippen molar-refractivity contribution in [3.63, 3.8) is 0 Å².